The molecule has 0 unspecified atom stereocenters. The maximum Gasteiger partial charge on any atom is 0.283 e. The molecule has 1 heterocycles. The number of halogens is 2. The number of benzene rings is 2. The zero-order valence-electron chi connectivity index (χ0n) is 15.9. The molecule has 29 heavy (non-hydrogen) atoms. The Labute approximate surface area is 168 Å². The van der Waals surface area contributed by atoms with Gasteiger partial charge in [0.15, 0.2) is 11.6 Å². The van der Waals surface area contributed by atoms with E-state index in [0.717, 1.165) is 25.1 Å². The van der Waals surface area contributed by atoms with Crippen LogP contribution in [0.25, 0.3) is 0 Å². The standard InChI is InChI=1S/C20H21F2N3O3S/c1-25-12-2-3-19(25)24-29(27,28)16-8-6-15(7-9-16)23-20(26)11-5-14-4-10-17(21)18(22)13-14/h4,6-10,13H,2-3,5,11-12H2,1H3,(H,23,26). The van der Waals surface area contributed by atoms with Gasteiger partial charge in [-0.1, -0.05) is 6.07 Å². The Morgan fingerprint density at radius 1 is 1.14 bits per heavy atom. The number of amides is 1. The molecule has 1 saturated heterocycles. The second-order valence-electron chi connectivity index (χ2n) is 6.83. The van der Waals surface area contributed by atoms with Gasteiger partial charge in [0.05, 0.1) is 4.90 Å². The first-order valence-electron chi connectivity index (χ1n) is 9.13. The Hall–Kier alpha value is -2.81. The fraction of sp³-hybridized carbons (Fsp3) is 0.300. The third kappa shape index (κ3) is 5.38. The summed E-state index contributed by atoms with van der Waals surface area (Å²) < 4.78 is 54.9. The van der Waals surface area contributed by atoms with Crippen molar-refractivity contribution in [1.82, 2.24) is 4.90 Å². The first-order chi connectivity index (χ1) is 13.7. The molecule has 1 fully saturated rings. The lowest BCUT2D eigenvalue weighted by Gasteiger charge is -2.11. The van der Waals surface area contributed by atoms with Crippen molar-refractivity contribution in [2.45, 2.75) is 30.6 Å². The van der Waals surface area contributed by atoms with Gasteiger partial charge in [-0.15, -0.1) is 4.40 Å². The number of hydrogen-bond donors (Lipinski definition) is 1. The highest BCUT2D eigenvalue weighted by Gasteiger charge is 2.20. The topological polar surface area (TPSA) is 78.8 Å². The predicted molar refractivity (Wildman–Crippen MR) is 106 cm³/mol. The molecule has 3 rings (SSSR count). The number of amidine groups is 1. The van der Waals surface area contributed by atoms with Gasteiger partial charge in [-0.25, -0.2) is 8.78 Å². The Morgan fingerprint density at radius 3 is 2.48 bits per heavy atom. The lowest BCUT2D eigenvalue weighted by Crippen LogP contribution is -2.20. The number of carbonyl (C=O) groups is 1. The average Bonchev–Trinajstić information content (AvgIpc) is 3.07. The van der Waals surface area contributed by atoms with Crippen LogP contribution in [-0.2, 0) is 21.2 Å². The number of rotatable bonds is 6. The molecule has 9 heteroatoms. The van der Waals surface area contributed by atoms with Gasteiger partial charge in [-0.3, -0.25) is 4.79 Å². The van der Waals surface area contributed by atoms with E-state index in [0.29, 0.717) is 23.5 Å². The molecule has 0 saturated carbocycles. The number of nitrogens with one attached hydrogen (secondary N) is 1. The van der Waals surface area contributed by atoms with Gasteiger partial charge < -0.3 is 10.2 Å². The summed E-state index contributed by atoms with van der Waals surface area (Å²) in [5, 5.41) is 2.65. The number of likely N-dealkylation sites (tertiary alicyclic amines) is 1. The largest absolute Gasteiger partial charge is 0.362 e. The molecule has 0 bridgehead atoms. The summed E-state index contributed by atoms with van der Waals surface area (Å²) in [7, 11) is -2.00. The van der Waals surface area contributed by atoms with Crippen molar-refractivity contribution in [2.75, 3.05) is 18.9 Å². The molecule has 0 spiro atoms. The lowest BCUT2D eigenvalue weighted by molar-refractivity contribution is -0.116. The second kappa shape index (κ2) is 8.69. The fourth-order valence-corrected chi connectivity index (χ4v) is 4.08. The van der Waals surface area contributed by atoms with Crippen LogP contribution in [0.2, 0.25) is 0 Å². The van der Waals surface area contributed by atoms with E-state index < -0.39 is 21.7 Å². The quantitative estimate of drug-likeness (QED) is 0.776. The Balaban J connectivity index is 1.59. The Kier molecular flexibility index (Phi) is 6.26. The molecule has 154 valence electrons. The summed E-state index contributed by atoms with van der Waals surface area (Å²) in [5.41, 5.74) is 0.946. The smallest absolute Gasteiger partial charge is 0.283 e. The Morgan fingerprint density at radius 2 is 1.86 bits per heavy atom. The SMILES string of the molecule is CN1CCCC1=NS(=O)(=O)c1ccc(NC(=O)CCc2ccc(F)c(F)c2)cc1. The van der Waals surface area contributed by atoms with Crippen molar-refractivity contribution >= 4 is 27.5 Å². The number of hydrogen-bond acceptors (Lipinski definition) is 3. The first-order valence-corrected chi connectivity index (χ1v) is 10.6. The Bertz CT molecular complexity index is 1040. The average molecular weight is 421 g/mol. The van der Waals surface area contributed by atoms with Crippen LogP contribution in [0.4, 0.5) is 14.5 Å². The number of anilines is 1. The van der Waals surface area contributed by atoms with Crippen LogP contribution in [-0.4, -0.2) is 38.7 Å². The van der Waals surface area contributed by atoms with E-state index in [4.69, 9.17) is 0 Å². The van der Waals surface area contributed by atoms with Gasteiger partial charge in [-0.05, 0) is 54.8 Å². The van der Waals surface area contributed by atoms with E-state index in [9.17, 15) is 22.0 Å². The number of sulfonamides is 1. The van der Waals surface area contributed by atoms with Crippen LogP contribution in [0.1, 0.15) is 24.8 Å². The summed E-state index contributed by atoms with van der Waals surface area (Å²) in [6, 6.07) is 9.26. The highest BCUT2D eigenvalue weighted by molar-refractivity contribution is 7.90. The van der Waals surface area contributed by atoms with Crippen LogP contribution in [0.5, 0.6) is 0 Å². The third-order valence-electron chi connectivity index (χ3n) is 4.62. The van der Waals surface area contributed by atoms with Crippen molar-refractivity contribution in [3.8, 4) is 0 Å². The molecular weight excluding hydrogens is 400 g/mol. The van der Waals surface area contributed by atoms with Crippen LogP contribution in [0.15, 0.2) is 51.8 Å². The van der Waals surface area contributed by atoms with Gasteiger partial charge in [0.1, 0.15) is 5.84 Å². The highest BCUT2D eigenvalue weighted by atomic mass is 32.2. The van der Waals surface area contributed by atoms with E-state index >= 15 is 0 Å². The molecule has 0 radical (unpaired) electrons. The zero-order chi connectivity index (χ0) is 21.0. The third-order valence-corrected chi connectivity index (χ3v) is 5.94. The molecule has 6 nitrogen and oxygen atoms in total. The molecule has 2 aromatic carbocycles. The van der Waals surface area contributed by atoms with Crippen LogP contribution in [0, 0.1) is 11.6 Å². The molecule has 2 aromatic rings. The fourth-order valence-electron chi connectivity index (χ4n) is 2.99. The monoisotopic (exact) mass is 421 g/mol. The van der Waals surface area contributed by atoms with Crippen molar-refractivity contribution in [1.29, 1.82) is 0 Å². The van der Waals surface area contributed by atoms with Crippen LogP contribution >= 0.6 is 0 Å². The molecule has 0 aliphatic carbocycles. The number of carbonyl (C=O) groups excluding carboxylic acids is 1. The molecule has 1 N–H and O–H groups in total. The maximum atomic E-state index is 13.2. The molecule has 0 aromatic heterocycles. The number of nitrogens with zero attached hydrogens (tertiary/aromatic N) is 2. The van der Waals surface area contributed by atoms with Crippen molar-refractivity contribution in [2.24, 2.45) is 4.40 Å². The van der Waals surface area contributed by atoms with E-state index in [1.165, 1.54) is 30.3 Å². The van der Waals surface area contributed by atoms with E-state index in [2.05, 4.69) is 9.71 Å². The summed E-state index contributed by atoms with van der Waals surface area (Å²) in [6.07, 6.45) is 1.83. The summed E-state index contributed by atoms with van der Waals surface area (Å²) in [4.78, 5) is 13.9. The van der Waals surface area contributed by atoms with Crippen LogP contribution in [0.3, 0.4) is 0 Å². The van der Waals surface area contributed by atoms with Gasteiger partial charge in [-0.2, -0.15) is 8.42 Å². The minimum atomic E-state index is -3.81. The summed E-state index contributed by atoms with van der Waals surface area (Å²) in [5.74, 6) is -1.66. The van der Waals surface area contributed by atoms with Crippen LogP contribution < -0.4 is 5.32 Å². The van der Waals surface area contributed by atoms with Gasteiger partial charge in [0.2, 0.25) is 5.91 Å². The van der Waals surface area contributed by atoms with Gasteiger partial charge in [0.25, 0.3) is 10.0 Å². The van der Waals surface area contributed by atoms with Gasteiger partial charge in [0, 0.05) is 32.1 Å². The number of aryl methyl sites for hydroxylation is 1. The second-order valence-corrected chi connectivity index (χ2v) is 8.43. The zero-order valence-corrected chi connectivity index (χ0v) is 16.7. The highest BCUT2D eigenvalue weighted by Crippen LogP contribution is 2.19. The molecule has 1 aliphatic heterocycles. The molecule has 1 aliphatic rings. The molecular formula is C20H21F2N3O3S. The minimum Gasteiger partial charge on any atom is -0.362 e. The van der Waals surface area contributed by atoms with E-state index in [-0.39, 0.29) is 23.6 Å². The molecule has 0 atom stereocenters. The lowest BCUT2D eigenvalue weighted by atomic mass is 10.1. The maximum absolute atomic E-state index is 13.2. The normalized spacial score (nSPS) is 15.7. The van der Waals surface area contributed by atoms with Gasteiger partial charge >= 0.3 is 0 Å². The minimum absolute atomic E-state index is 0.0464. The van der Waals surface area contributed by atoms with Crippen molar-refractivity contribution in [3.63, 3.8) is 0 Å². The summed E-state index contributed by atoms with van der Waals surface area (Å²) in [6.45, 7) is 0.782. The first kappa shape index (κ1) is 20.9. The van der Waals surface area contributed by atoms with Crippen molar-refractivity contribution in [3.05, 3.63) is 59.7 Å². The predicted octanol–water partition coefficient (Wildman–Crippen LogP) is 3.35. The van der Waals surface area contributed by atoms with E-state index in [1.54, 1.807) is 7.05 Å². The van der Waals surface area contributed by atoms with E-state index in [1.807, 2.05) is 4.90 Å². The summed E-state index contributed by atoms with van der Waals surface area (Å²) >= 11 is 0. The van der Waals surface area contributed by atoms with Crippen molar-refractivity contribution < 1.29 is 22.0 Å². The molecule has 1 amide bonds.